The van der Waals surface area contributed by atoms with Gasteiger partial charge in [0.1, 0.15) is 17.2 Å². The molecule has 3 aromatic rings. The Hall–Kier alpha value is -3.43. The highest BCUT2D eigenvalue weighted by Crippen LogP contribution is 2.39. The maximum atomic E-state index is 14.5. The fourth-order valence-electron chi connectivity index (χ4n) is 3.88. The van der Waals surface area contributed by atoms with Crippen molar-refractivity contribution in [2.45, 2.75) is 25.3 Å². The van der Waals surface area contributed by atoms with E-state index in [4.69, 9.17) is 13.2 Å². The molecule has 0 aliphatic carbocycles. The van der Waals surface area contributed by atoms with E-state index in [0.29, 0.717) is 43.0 Å². The van der Waals surface area contributed by atoms with Crippen molar-refractivity contribution in [2.75, 3.05) is 30.3 Å². The van der Waals surface area contributed by atoms with Gasteiger partial charge in [0.25, 0.3) is 5.91 Å². The number of carbonyl (C=O) groups is 1. The molecule has 3 aromatic heterocycles. The van der Waals surface area contributed by atoms with Crippen molar-refractivity contribution in [1.82, 2.24) is 24.9 Å². The largest absolute Gasteiger partial charge is 0.477 e. The molecule has 3 N–H and O–H groups in total. The monoisotopic (exact) mass is 399 g/mol. The van der Waals surface area contributed by atoms with E-state index in [1.165, 1.54) is 4.52 Å². The van der Waals surface area contributed by atoms with E-state index < -0.39 is 18.0 Å². The molecule has 10 heteroatoms. The Morgan fingerprint density at radius 2 is 2.31 bits per heavy atom. The van der Waals surface area contributed by atoms with E-state index in [0.717, 1.165) is 6.42 Å². The van der Waals surface area contributed by atoms with Crippen molar-refractivity contribution >= 4 is 23.2 Å². The van der Waals surface area contributed by atoms with Crippen LogP contribution in [0.4, 0.5) is 16.0 Å². The Labute approximate surface area is 168 Å². The second-order valence-electron chi connectivity index (χ2n) is 7.00. The zero-order valence-electron chi connectivity index (χ0n) is 17.5. The Morgan fingerprint density at radius 1 is 1.41 bits per heavy atom. The van der Waals surface area contributed by atoms with Crippen molar-refractivity contribution in [3.05, 3.63) is 41.4 Å². The van der Waals surface area contributed by atoms with Crippen LogP contribution in [0.2, 0.25) is 0 Å². The fraction of sp³-hybridized carbons (Fsp3) is 0.368. The number of aromatic nitrogens is 4. The molecule has 5 heterocycles. The smallest absolute Gasteiger partial charge is 0.258 e. The lowest BCUT2D eigenvalue weighted by atomic mass is 10.1. The number of halogens is 1. The van der Waals surface area contributed by atoms with Crippen LogP contribution < -0.4 is 20.7 Å². The summed E-state index contributed by atoms with van der Waals surface area (Å²) in [5.74, 6) is -0.656. The molecule has 0 radical (unpaired) electrons. The number of amides is 1. The maximum absolute atomic E-state index is 14.5. The SMILES string of the molecule is [2H]c1nc2c(c([2H])c1F)C1CCCN1c1ccn3nc(N)c(c3n1)C(=O)NCCCO2. The summed E-state index contributed by atoms with van der Waals surface area (Å²) >= 11 is 0. The minimum atomic E-state index is -0.975. The number of nitrogen functional groups attached to an aromatic ring is 1. The average molecular weight is 399 g/mol. The van der Waals surface area contributed by atoms with E-state index in [2.05, 4.69) is 20.4 Å². The lowest BCUT2D eigenvalue weighted by molar-refractivity contribution is 0.0953. The number of fused-ring (bicyclic) bond motifs is 5. The topological polar surface area (TPSA) is 111 Å². The molecule has 1 saturated heterocycles. The summed E-state index contributed by atoms with van der Waals surface area (Å²) < 4.78 is 37.7. The molecule has 0 saturated carbocycles. The van der Waals surface area contributed by atoms with E-state index in [1.807, 2.05) is 4.90 Å². The van der Waals surface area contributed by atoms with Crippen LogP contribution in [0.1, 0.15) is 44.0 Å². The highest BCUT2D eigenvalue weighted by Gasteiger charge is 2.31. The molecule has 0 spiro atoms. The van der Waals surface area contributed by atoms with Gasteiger partial charge in [0.05, 0.1) is 21.6 Å². The maximum Gasteiger partial charge on any atom is 0.258 e. The van der Waals surface area contributed by atoms with Gasteiger partial charge in [0.2, 0.25) is 5.88 Å². The van der Waals surface area contributed by atoms with E-state index in [-0.39, 0.29) is 35.8 Å². The number of pyridine rings is 1. The molecular weight excluding hydrogens is 377 g/mol. The number of nitrogens with one attached hydrogen (secondary N) is 1. The van der Waals surface area contributed by atoms with Crippen LogP contribution in [0, 0.1) is 5.82 Å². The third-order valence-corrected chi connectivity index (χ3v) is 5.18. The van der Waals surface area contributed by atoms with Gasteiger partial charge >= 0.3 is 0 Å². The summed E-state index contributed by atoms with van der Waals surface area (Å²) in [7, 11) is 0. The summed E-state index contributed by atoms with van der Waals surface area (Å²) in [6, 6.07) is 0.946. The molecule has 150 valence electrons. The van der Waals surface area contributed by atoms with Gasteiger partial charge in [-0.05, 0) is 31.4 Å². The van der Waals surface area contributed by atoms with Crippen molar-refractivity contribution < 1.29 is 16.7 Å². The van der Waals surface area contributed by atoms with E-state index >= 15 is 0 Å². The third kappa shape index (κ3) is 3.00. The van der Waals surface area contributed by atoms with Gasteiger partial charge in [-0.15, -0.1) is 5.10 Å². The first-order valence-corrected chi connectivity index (χ1v) is 9.44. The lowest BCUT2D eigenvalue weighted by Crippen LogP contribution is -2.28. The molecule has 29 heavy (non-hydrogen) atoms. The second kappa shape index (κ2) is 6.87. The van der Waals surface area contributed by atoms with Gasteiger partial charge in [0.15, 0.2) is 11.5 Å². The number of carbonyl (C=O) groups excluding carboxylic acids is 1. The van der Waals surface area contributed by atoms with Crippen molar-refractivity contribution in [3.8, 4) is 5.88 Å². The zero-order valence-corrected chi connectivity index (χ0v) is 15.5. The van der Waals surface area contributed by atoms with Crippen LogP contribution in [0.25, 0.3) is 5.65 Å². The van der Waals surface area contributed by atoms with Crippen LogP contribution in [0.15, 0.2) is 24.5 Å². The van der Waals surface area contributed by atoms with Gasteiger partial charge in [-0.25, -0.2) is 18.9 Å². The molecule has 1 unspecified atom stereocenters. The number of anilines is 2. The van der Waals surface area contributed by atoms with Gasteiger partial charge in [-0.2, -0.15) is 0 Å². The van der Waals surface area contributed by atoms with E-state index in [9.17, 15) is 9.18 Å². The highest BCUT2D eigenvalue weighted by atomic mass is 19.1. The minimum absolute atomic E-state index is 0.0760. The first-order valence-electron chi connectivity index (χ1n) is 10.4. The number of hydrogen-bond donors (Lipinski definition) is 2. The van der Waals surface area contributed by atoms with Crippen molar-refractivity contribution in [1.29, 1.82) is 0 Å². The van der Waals surface area contributed by atoms with Gasteiger partial charge in [-0.3, -0.25) is 4.79 Å². The van der Waals surface area contributed by atoms with Gasteiger partial charge in [-0.1, -0.05) is 0 Å². The van der Waals surface area contributed by atoms with Crippen LogP contribution in [-0.4, -0.2) is 45.2 Å². The van der Waals surface area contributed by atoms with Crippen molar-refractivity contribution in [3.63, 3.8) is 0 Å². The predicted octanol–water partition coefficient (Wildman–Crippen LogP) is 1.70. The summed E-state index contributed by atoms with van der Waals surface area (Å²) in [4.78, 5) is 23.2. The summed E-state index contributed by atoms with van der Waals surface area (Å²) in [5.41, 5.74) is 6.81. The zero-order chi connectivity index (χ0) is 21.7. The number of ether oxygens (including phenoxy) is 1. The number of hydrogen-bond acceptors (Lipinski definition) is 7. The quantitative estimate of drug-likeness (QED) is 0.592. The standard InChI is InChI=1S/C19H20FN7O2/c20-11-9-12-13-3-1-6-26(13)14-4-7-27-17(24-14)15(16(21)25-27)18(28)22-5-2-8-29-19(12)23-10-11/h4,7,9-10,13H,1-3,5-6,8H2,(H2,21,25)(H,22,28)/i9D,10D. The predicted molar refractivity (Wildman–Crippen MR) is 103 cm³/mol. The molecule has 1 amide bonds. The Balaban J connectivity index is 1.70. The molecule has 1 atom stereocenters. The Morgan fingerprint density at radius 3 is 3.21 bits per heavy atom. The Kier molecular flexibility index (Phi) is 3.67. The number of nitrogens with two attached hydrogens (primary N) is 1. The number of rotatable bonds is 0. The average Bonchev–Trinajstić information content (AvgIpc) is 3.34. The first-order chi connectivity index (χ1) is 15.0. The second-order valence-corrected chi connectivity index (χ2v) is 7.00. The van der Waals surface area contributed by atoms with Gasteiger partial charge in [0, 0.05) is 24.8 Å². The molecule has 2 aliphatic heterocycles. The van der Waals surface area contributed by atoms with E-state index in [1.54, 1.807) is 12.3 Å². The summed E-state index contributed by atoms with van der Waals surface area (Å²) in [6.07, 6.45) is 2.91. The highest BCUT2D eigenvalue weighted by molar-refractivity contribution is 6.04. The van der Waals surface area contributed by atoms with Crippen LogP contribution >= 0.6 is 0 Å². The summed E-state index contributed by atoms with van der Waals surface area (Å²) in [6.45, 7) is 1.09. The van der Waals surface area contributed by atoms with Crippen LogP contribution in [-0.2, 0) is 0 Å². The molecule has 1 fully saturated rings. The summed E-state index contributed by atoms with van der Waals surface area (Å²) in [5, 5.41) is 6.94. The first kappa shape index (κ1) is 15.5. The molecular formula is C19H20FN7O2. The van der Waals surface area contributed by atoms with Crippen LogP contribution in [0.3, 0.4) is 0 Å². The molecule has 5 rings (SSSR count). The molecule has 9 nitrogen and oxygen atoms in total. The van der Waals surface area contributed by atoms with Crippen LogP contribution in [0.5, 0.6) is 5.88 Å². The number of nitrogens with zero attached hydrogens (tertiary/aromatic N) is 5. The molecule has 2 bridgehead atoms. The minimum Gasteiger partial charge on any atom is -0.477 e. The van der Waals surface area contributed by atoms with Gasteiger partial charge < -0.3 is 20.7 Å². The van der Waals surface area contributed by atoms with Crippen molar-refractivity contribution in [2.24, 2.45) is 0 Å². The molecule has 2 aliphatic rings. The fourth-order valence-corrected chi connectivity index (χ4v) is 3.88. The Bertz CT molecular complexity index is 1200. The normalized spacial score (nSPS) is 20.4. The lowest BCUT2D eigenvalue weighted by Gasteiger charge is -2.27. The third-order valence-electron chi connectivity index (χ3n) is 5.18. The molecule has 0 aromatic carbocycles.